The van der Waals surface area contributed by atoms with Crippen LogP contribution in [0.1, 0.15) is 26.2 Å². The summed E-state index contributed by atoms with van der Waals surface area (Å²) in [5, 5.41) is 0.486. The van der Waals surface area contributed by atoms with Crippen LogP contribution in [0.3, 0.4) is 0 Å². The van der Waals surface area contributed by atoms with Crippen molar-refractivity contribution >= 4 is 21.8 Å². The molecule has 1 rings (SSSR count). The van der Waals surface area contributed by atoms with Crippen LogP contribution in [0.2, 0.25) is 0 Å². The molecular formula is C8H17NO2S2. The Hall–Kier alpha value is 0.260. The second kappa shape index (κ2) is 4.66. The monoisotopic (exact) mass is 223 g/mol. The summed E-state index contributed by atoms with van der Waals surface area (Å²) >= 11 is 1.86. The quantitative estimate of drug-likeness (QED) is 0.779. The molecule has 78 valence electrons. The Bertz CT molecular complexity index is 251. The maximum atomic E-state index is 11.0. The Morgan fingerprint density at radius 2 is 2.15 bits per heavy atom. The number of hydrogen-bond donors (Lipinski definition) is 1. The Morgan fingerprint density at radius 1 is 1.46 bits per heavy atom. The molecule has 1 fully saturated rings. The minimum absolute atomic E-state index is 0.167. The van der Waals surface area contributed by atoms with E-state index >= 15 is 0 Å². The van der Waals surface area contributed by atoms with Crippen molar-refractivity contribution < 1.29 is 8.42 Å². The zero-order valence-electron chi connectivity index (χ0n) is 8.12. The van der Waals surface area contributed by atoms with Gasteiger partial charge in [0, 0.05) is 11.3 Å². The van der Waals surface area contributed by atoms with Gasteiger partial charge in [-0.25, -0.2) is 13.1 Å². The minimum Gasteiger partial charge on any atom is -0.213 e. The standard InChI is InChI=1S/C8H17NO2S2/c1-3-12-8-6-4-5-7(8)9-13(2,10)11/h7-9H,3-6H2,1-2H3. The second-order valence-electron chi connectivity index (χ2n) is 3.42. The fraction of sp³-hybridized carbons (Fsp3) is 1.00. The van der Waals surface area contributed by atoms with Gasteiger partial charge in [0.1, 0.15) is 0 Å². The summed E-state index contributed by atoms with van der Waals surface area (Å²) in [6, 6.07) is 0.167. The summed E-state index contributed by atoms with van der Waals surface area (Å²) in [4.78, 5) is 0. The predicted molar refractivity (Wildman–Crippen MR) is 57.5 cm³/mol. The maximum absolute atomic E-state index is 11.0. The number of hydrogen-bond acceptors (Lipinski definition) is 3. The molecule has 2 atom stereocenters. The minimum atomic E-state index is -3.02. The molecular weight excluding hydrogens is 206 g/mol. The van der Waals surface area contributed by atoms with Gasteiger partial charge < -0.3 is 0 Å². The van der Waals surface area contributed by atoms with Crippen molar-refractivity contribution in [3.63, 3.8) is 0 Å². The normalized spacial score (nSPS) is 29.4. The van der Waals surface area contributed by atoms with E-state index in [9.17, 15) is 8.42 Å². The van der Waals surface area contributed by atoms with E-state index in [4.69, 9.17) is 0 Å². The van der Waals surface area contributed by atoms with Gasteiger partial charge in [-0.1, -0.05) is 13.3 Å². The van der Waals surface area contributed by atoms with Crippen LogP contribution in [0.4, 0.5) is 0 Å². The highest BCUT2D eigenvalue weighted by atomic mass is 32.2. The zero-order valence-corrected chi connectivity index (χ0v) is 9.75. The molecule has 3 nitrogen and oxygen atoms in total. The van der Waals surface area contributed by atoms with Crippen LogP contribution in [0.15, 0.2) is 0 Å². The Morgan fingerprint density at radius 3 is 2.69 bits per heavy atom. The van der Waals surface area contributed by atoms with Gasteiger partial charge in [0.2, 0.25) is 10.0 Å². The molecule has 1 aliphatic carbocycles. The average Bonchev–Trinajstić information content (AvgIpc) is 2.34. The van der Waals surface area contributed by atoms with E-state index in [1.54, 1.807) is 0 Å². The van der Waals surface area contributed by atoms with Gasteiger partial charge in [-0.05, 0) is 18.6 Å². The zero-order chi connectivity index (χ0) is 9.90. The molecule has 0 spiro atoms. The molecule has 1 aliphatic rings. The Kier molecular flexibility index (Phi) is 4.06. The number of thioether (sulfide) groups is 1. The van der Waals surface area contributed by atoms with Gasteiger partial charge in [-0.3, -0.25) is 0 Å². The van der Waals surface area contributed by atoms with Crippen molar-refractivity contribution in [1.29, 1.82) is 0 Å². The number of sulfonamides is 1. The van der Waals surface area contributed by atoms with Crippen molar-refractivity contribution in [3.05, 3.63) is 0 Å². The van der Waals surface area contributed by atoms with E-state index in [1.807, 2.05) is 11.8 Å². The van der Waals surface area contributed by atoms with Crippen molar-refractivity contribution in [2.45, 2.75) is 37.5 Å². The summed E-state index contributed by atoms with van der Waals surface area (Å²) in [5.41, 5.74) is 0. The van der Waals surface area contributed by atoms with E-state index in [2.05, 4.69) is 11.6 Å². The third kappa shape index (κ3) is 3.87. The van der Waals surface area contributed by atoms with E-state index in [0.29, 0.717) is 5.25 Å². The molecule has 0 aromatic rings. The summed E-state index contributed by atoms with van der Waals surface area (Å²) in [7, 11) is -3.02. The molecule has 5 heteroatoms. The van der Waals surface area contributed by atoms with E-state index < -0.39 is 10.0 Å². The summed E-state index contributed by atoms with van der Waals surface area (Å²) in [6.45, 7) is 2.11. The third-order valence-corrected chi connectivity index (χ3v) is 4.26. The highest BCUT2D eigenvalue weighted by molar-refractivity contribution is 8.00. The molecule has 0 aliphatic heterocycles. The largest absolute Gasteiger partial charge is 0.213 e. The molecule has 0 aromatic heterocycles. The first-order chi connectivity index (χ1) is 6.03. The van der Waals surface area contributed by atoms with Crippen LogP contribution in [0.25, 0.3) is 0 Å². The predicted octanol–water partition coefficient (Wildman–Crippen LogP) is 1.21. The molecule has 0 amide bonds. The van der Waals surface area contributed by atoms with Crippen LogP contribution in [0, 0.1) is 0 Å². The SMILES string of the molecule is CCSC1CCCC1NS(C)(=O)=O. The second-order valence-corrected chi connectivity index (χ2v) is 6.72. The summed E-state index contributed by atoms with van der Waals surface area (Å²) < 4.78 is 24.7. The Labute approximate surface area is 84.7 Å². The molecule has 13 heavy (non-hydrogen) atoms. The first kappa shape index (κ1) is 11.3. The van der Waals surface area contributed by atoms with Gasteiger partial charge in [-0.2, -0.15) is 11.8 Å². The van der Waals surface area contributed by atoms with Crippen LogP contribution in [-0.2, 0) is 10.0 Å². The topological polar surface area (TPSA) is 46.2 Å². The fourth-order valence-corrected chi connectivity index (χ4v) is 3.87. The molecule has 0 saturated heterocycles. The molecule has 0 heterocycles. The van der Waals surface area contributed by atoms with E-state index in [0.717, 1.165) is 25.0 Å². The third-order valence-electron chi connectivity index (χ3n) is 2.20. The maximum Gasteiger partial charge on any atom is 0.208 e. The lowest BCUT2D eigenvalue weighted by Crippen LogP contribution is -2.38. The van der Waals surface area contributed by atoms with E-state index in [-0.39, 0.29) is 6.04 Å². The van der Waals surface area contributed by atoms with E-state index in [1.165, 1.54) is 6.26 Å². The molecule has 1 saturated carbocycles. The molecule has 1 N–H and O–H groups in total. The highest BCUT2D eigenvalue weighted by Crippen LogP contribution is 2.30. The first-order valence-electron chi connectivity index (χ1n) is 4.62. The summed E-state index contributed by atoms with van der Waals surface area (Å²) in [5.74, 6) is 1.06. The highest BCUT2D eigenvalue weighted by Gasteiger charge is 2.28. The lowest BCUT2D eigenvalue weighted by atomic mass is 10.3. The molecule has 2 unspecified atom stereocenters. The van der Waals surface area contributed by atoms with Crippen molar-refractivity contribution in [2.75, 3.05) is 12.0 Å². The smallest absolute Gasteiger partial charge is 0.208 e. The Balaban J connectivity index is 2.49. The van der Waals surface area contributed by atoms with Crippen LogP contribution in [-0.4, -0.2) is 31.7 Å². The molecule has 0 bridgehead atoms. The summed E-state index contributed by atoms with van der Waals surface area (Å²) in [6.07, 6.45) is 4.51. The van der Waals surface area contributed by atoms with Crippen molar-refractivity contribution in [3.8, 4) is 0 Å². The lowest BCUT2D eigenvalue weighted by Gasteiger charge is -2.18. The molecule has 0 radical (unpaired) electrons. The van der Waals surface area contributed by atoms with Crippen LogP contribution >= 0.6 is 11.8 Å². The lowest BCUT2D eigenvalue weighted by molar-refractivity contribution is 0.561. The van der Waals surface area contributed by atoms with Crippen molar-refractivity contribution in [2.24, 2.45) is 0 Å². The number of rotatable bonds is 4. The average molecular weight is 223 g/mol. The fourth-order valence-electron chi connectivity index (χ4n) is 1.75. The van der Waals surface area contributed by atoms with Gasteiger partial charge in [-0.15, -0.1) is 0 Å². The first-order valence-corrected chi connectivity index (χ1v) is 7.56. The van der Waals surface area contributed by atoms with Gasteiger partial charge in [0.25, 0.3) is 0 Å². The van der Waals surface area contributed by atoms with Gasteiger partial charge in [0.05, 0.1) is 6.26 Å². The van der Waals surface area contributed by atoms with Crippen LogP contribution in [0.5, 0.6) is 0 Å². The molecule has 0 aromatic carbocycles. The van der Waals surface area contributed by atoms with Crippen LogP contribution < -0.4 is 4.72 Å². The number of nitrogens with one attached hydrogen (secondary N) is 1. The van der Waals surface area contributed by atoms with Gasteiger partial charge in [0.15, 0.2) is 0 Å². The van der Waals surface area contributed by atoms with Gasteiger partial charge >= 0.3 is 0 Å². The van der Waals surface area contributed by atoms with Crippen molar-refractivity contribution in [1.82, 2.24) is 4.72 Å².